The van der Waals surface area contributed by atoms with Gasteiger partial charge in [-0.1, -0.05) is 41.5 Å². The van der Waals surface area contributed by atoms with Gasteiger partial charge in [0.1, 0.15) is 0 Å². The predicted octanol–water partition coefficient (Wildman–Crippen LogP) is 3.84. The van der Waals surface area contributed by atoms with E-state index in [2.05, 4.69) is 11.9 Å². The van der Waals surface area contributed by atoms with Crippen molar-refractivity contribution in [3.63, 3.8) is 0 Å². The molecule has 0 radical (unpaired) electrons. The monoisotopic (exact) mass is 307 g/mol. The van der Waals surface area contributed by atoms with E-state index in [4.69, 9.17) is 14.2 Å². The minimum Gasteiger partial charge on any atom is -0.382 e. The number of hydrogen-bond acceptors (Lipinski definition) is 4. The van der Waals surface area contributed by atoms with Crippen molar-refractivity contribution in [3.8, 4) is 0 Å². The van der Waals surface area contributed by atoms with E-state index in [-0.39, 0.29) is 0 Å². The van der Waals surface area contributed by atoms with Crippen molar-refractivity contribution in [1.29, 1.82) is 0 Å². The molecule has 4 heteroatoms. The van der Waals surface area contributed by atoms with Gasteiger partial charge in [-0.05, 0) is 19.9 Å². The maximum atomic E-state index is 5.72. The lowest BCUT2D eigenvalue weighted by Crippen LogP contribution is -2.34. The molecule has 0 atom stereocenters. The summed E-state index contributed by atoms with van der Waals surface area (Å²) in [6, 6.07) is 0. The van der Waals surface area contributed by atoms with E-state index in [1.54, 1.807) is 7.11 Å². The normalized spacial score (nSPS) is 14.9. The summed E-state index contributed by atoms with van der Waals surface area (Å²) in [6.45, 7) is 17.0. The minimum atomic E-state index is 0.437. The first-order valence-corrected chi connectivity index (χ1v) is 8.69. The van der Waals surface area contributed by atoms with Gasteiger partial charge >= 0.3 is 0 Å². The molecular formula is C17H41NO3. The molecule has 0 aromatic heterocycles. The van der Waals surface area contributed by atoms with Crippen molar-refractivity contribution in [3.05, 3.63) is 0 Å². The maximum absolute atomic E-state index is 5.72. The highest BCUT2D eigenvalue weighted by atomic mass is 16.5. The summed E-state index contributed by atoms with van der Waals surface area (Å²) in [7, 11) is 3.84. The van der Waals surface area contributed by atoms with E-state index in [0.29, 0.717) is 32.5 Å². The molecule has 0 aromatic carbocycles. The van der Waals surface area contributed by atoms with Gasteiger partial charge in [0.2, 0.25) is 0 Å². The van der Waals surface area contributed by atoms with Crippen LogP contribution in [0.5, 0.6) is 0 Å². The highest BCUT2D eigenvalue weighted by Crippen LogP contribution is 2.11. The third kappa shape index (κ3) is 19.8. The average Bonchev–Trinajstić information content (AvgIpc) is 2.58. The molecule has 1 saturated heterocycles. The van der Waals surface area contributed by atoms with Crippen LogP contribution in [0.25, 0.3) is 0 Å². The number of methoxy groups -OCH3 is 1. The SMILES string of the molecule is CC.CC.CC.COCCOCCOC1CCN(C)CC1. The Kier molecular flexibility index (Phi) is 30.5. The second kappa shape index (κ2) is 24.8. The second-order valence-electron chi connectivity index (χ2n) is 3.98. The molecule has 132 valence electrons. The lowest BCUT2D eigenvalue weighted by atomic mass is 10.1. The van der Waals surface area contributed by atoms with Gasteiger partial charge in [-0.2, -0.15) is 0 Å². The smallest absolute Gasteiger partial charge is 0.0704 e. The Labute approximate surface area is 134 Å². The molecule has 0 aliphatic carbocycles. The van der Waals surface area contributed by atoms with Crippen molar-refractivity contribution in [2.24, 2.45) is 0 Å². The first-order valence-electron chi connectivity index (χ1n) is 8.69. The highest BCUT2D eigenvalue weighted by molar-refractivity contribution is 4.69. The van der Waals surface area contributed by atoms with Crippen LogP contribution in [0.3, 0.4) is 0 Å². The van der Waals surface area contributed by atoms with Gasteiger partial charge in [-0.15, -0.1) is 0 Å². The average molecular weight is 308 g/mol. The molecule has 0 amide bonds. The molecule has 0 N–H and O–H groups in total. The van der Waals surface area contributed by atoms with E-state index in [0.717, 1.165) is 25.9 Å². The van der Waals surface area contributed by atoms with Crippen LogP contribution in [0.1, 0.15) is 54.4 Å². The van der Waals surface area contributed by atoms with Gasteiger partial charge in [0.15, 0.2) is 0 Å². The molecule has 4 nitrogen and oxygen atoms in total. The Bertz CT molecular complexity index is 149. The van der Waals surface area contributed by atoms with Gasteiger partial charge in [0, 0.05) is 20.2 Å². The zero-order chi connectivity index (χ0) is 16.9. The van der Waals surface area contributed by atoms with Crippen molar-refractivity contribution < 1.29 is 14.2 Å². The summed E-state index contributed by atoms with van der Waals surface area (Å²) in [5.41, 5.74) is 0. The van der Waals surface area contributed by atoms with Crippen LogP contribution in [-0.4, -0.2) is 64.7 Å². The van der Waals surface area contributed by atoms with Crippen LogP contribution in [0.2, 0.25) is 0 Å². The lowest BCUT2D eigenvalue weighted by molar-refractivity contribution is -0.0259. The molecule has 0 unspecified atom stereocenters. The third-order valence-corrected chi connectivity index (χ3v) is 2.68. The summed E-state index contributed by atoms with van der Waals surface area (Å²) >= 11 is 0. The van der Waals surface area contributed by atoms with Gasteiger partial charge < -0.3 is 19.1 Å². The molecule has 0 saturated carbocycles. The van der Waals surface area contributed by atoms with E-state index in [9.17, 15) is 0 Å². The van der Waals surface area contributed by atoms with Crippen LogP contribution >= 0.6 is 0 Å². The van der Waals surface area contributed by atoms with Gasteiger partial charge in [-0.3, -0.25) is 0 Å². The van der Waals surface area contributed by atoms with E-state index >= 15 is 0 Å². The number of rotatable bonds is 7. The van der Waals surface area contributed by atoms with Crippen molar-refractivity contribution >= 4 is 0 Å². The number of nitrogens with zero attached hydrogens (tertiary/aromatic N) is 1. The van der Waals surface area contributed by atoms with Crippen LogP contribution in [0, 0.1) is 0 Å². The summed E-state index contributed by atoms with van der Waals surface area (Å²) in [5.74, 6) is 0. The second-order valence-corrected chi connectivity index (χ2v) is 3.98. The Morgan fingerprint density at radius 3 is 1.76 bits per heavy atom. The Hall–Kier alpha value is -0.160. The van der Waals surface area contributed by atoms with Crippen molar-refractivity contribution in [1.82, 2.24) is 4.90 Å². The standard InChI is InChI=1S/C11H23NO3.3C2H6/c1-12-5-3-11(4-6-12)15-10-9-14-8-7-13-2;3*1-2/h11H,3-10H2,1-2H3;3*1-2H3. The molecular weight excluding hydrogens is 266 g/mol. The third-order valence-electron chi connectivity index (χ3n) is 2.68. The summed E-state index contributed by atoms with van der Waals surface area (Å²) in [4.78, 5) is 2.34. The Balaban J connectivity index is -0.000000478. The zero-order valence-electron chi connectivity index (χ0n) is 15.9. The molecule has 1 rings (SSSR count). The van der Waals surface area contributed by atoms with Crippen LogP contribution < -0.4 is 0 Å². The van der Waals surface area contributed by atoms with E-state index in [1.807, 2.05) is 41.5 Å². The first-order chi connectivity index (χ1) is 10.3. The largest absolute Gasteiger partial charge is 0.382 e. The van der Waals surface area contributed by atoms with Crippen molar-refractivity contribution in [2.45, 2.75) is 60.5 Å². The number of hydrogen-bond donors (Lipinski definition) is 0. The molecule has 21 heavy (non-hydrogen) atoms. The summed E-state index contributed by atoms with van der Waals surface area (Å²) in [6.07, 6.45) is 2.73. The van der Waals surface area contributed by atoms with E-state index < -0.39 is 0 Å². The van der Waals surface area contributed by atoms with Gasteiger partial charge in [-0.25, -0.2) is 0 Å². The van der Waals surface area contributed by atoms with Crippen LogP contribution in [0.15, 0.2) is 0 Å². The van der Waals surface area contributed by atoms with Crippen LogP contribution in [-0.2, 0) is 14.2 Å². The number of likely N-dealkylation sites (tertiary alicyclic amines) is 1. The maximum Gasteiger partial charge on any atom is 0.0704 e. The van der Waals surface area contributed by atoms with Gasteiger partial charge in [0.25, 0.3) is 0 Å². The summed E-state index contributed by atoms with van der Waals surface area (Å²) < 4.78 is 15.9. The lowest BCUT2D eigenvalue weighted by Gasteiger charge is -2.28. The molecule has 1 aliphatic rings. The fourth-order valence-electron chi connectivity index (χ4n) is 1.67. The highest BCUT2D eigenvalue weighted by Gasteiger charge is 2.16. The van der Waals surface area contributed by atoms with Crippen molar-refractivity contribution in [2.75, 3.05) is 53.7 Å². The topological polar surface area (TPSA) is 30.9 Å². The van der Waals surface area contributed by atoms with Crippen LogP contribution in [0.4, 0.5) is 0 Å². The van der Waals surface area contributed by atoms with E-state index in [1.165, 1.54) is 0 Å². The van der Waals surface area contributed by atoms with Gasteiger partial charge in [0.05, 0.1) is 32.5 Å². The molecule has 1 aliphatic heterocycles. The molecule has 0 bridgehead atoms. The number of ether oxygens (including phenoxy) is 3. The molecule has 1 fully saturated rings. The summed E-state index contributed by atoms with van der Waals surface area (Å²) in [5, 5.41) is 0. The fraction of sp³-hybridized carbons (Fsp3) is 1.00. The first kappa shape index (κ1) is 25.8. The number of piperidine rings is 1. The zero-order valence-corrected chi connectivity index (χ0v) is 15.9. The fourth-order valence-corrected chi connectivity index (χ4v) is 1.67. The minimum absolute atomic E-state index is 0.437. The molecule has 1 heterocycles. The Morgan fingerprint density at radius 1 is 0.810 bits per heavy atom. The molecule has 0 spiro atoms. The predicted molar refractivity (Wildman–Crippen MR) is 93.2 cm³/mol. The molecule has 0 aromatic rings. The Morgan fingerprint density at radius 2 is 1.29 bits per heavy atom. The quantitative estimate of drug-likeness (QED) is 0.669.